The Kier molecular flexibility index (Phi) is 8.13. The van der Waals surface area contributed by atoms with Crippen LogP contribution in [-0.4, -0.2) is 69.9 Å². The second-order valence-corrected chi connectivity index (χ2v) is 10.3. The minimum Gasteiger partial charge on any atom is -0.497 e. The van der Waals surface area contributed by atoms with Crippen LogP contribution >= 0.6 is 0 Å². The SMILES string of the molecule is CC[C@H]1CN(S(=O)(=O)c2ccc(OC)cc2)CC[C@H]1CC(=O)NCCN1CCCC1. The zero-order chi connectivity index (χ0) is 21.6. The largest absolute Gasteiger partial charge is 0.497 e. The van der Waals surface area contributed by atoms with Crippen LogP contribution in [0.1, 0.15) is 39.0 Å². The maximum absolute atomic E-state index is 13.0. The molecule has 1 aromatic rings. The van der Waals surface area contributed by atoms with Crippen molar-refractivity contribution >= 4 is 15.9 Å². The van der Waals surface area contributed by atoms with Crippen molar-refractivity contribution in [2.45, 2.75) is 43.9 Å². The van der Waals surface area contributed by atoms with Crippen LogP contribution in [0.5, 0.6) is 5.75 Å². The average molecular weight is 438 g/mol. The van der Waals surface area contributed by atoms with Gasteiger partial charge in [-0.1, -0.05) is 13.3 Å². The Balaban J connectivity index is 1.52. The zero-order valence-electron chi connectivity index (χ0n) is 18.2. The number of likely N-dealkylation sites (tertiary alicyclic amines) is 1. The number of rotatable bonds is 9. The molecule has 8 heteroatoms. The van der Waals surface area contributed by atoms with Crippen molar-refractivity contribution < 1.29 is 17.9 Å². The lowest BCUT2D eigenvalue weighted by molar-refractivity contribution is -0.122. The molecule has 0 spiro atoms. The number of methoxy groups -OCH3 is 1. The Labute approximate surface area is 180 Å². The summed E-state index contributed by atoms with van der Waals surface area (Å²) in [5, 5.41) is 3.06. The Morgan fingerprint density at radius 3 is 2.47 bits per heavy atom. The molecule has 3 rings (SSSR count). The van der Waals surface area contributed by atoms with E-state index in [0.29, 0.717) is 38.2 Å². The van der Waals surface area contributed by atoms with Crippen molar-refractivity contribution in [1.82, 2.24) is 14.5 Å². The number of nitrogens with zero attached hydrogens (tertiary/aromatic N) is 2. The van der Waals surface area contributed by atoms with Gasteiger partial charge in [0.25, 0.3) is 0 Å². The minimum absolute atomic E-state index is 0.0871. The van der Waals surface area contributed by atoms with Crippen LogP contribution in [0.3, 0.4) is 0 Å². The van der Waals surface area contributed by atoms with Crippen molar-refractivity contribution in [3.8, 4) is 5.75 Å². The number of nitrogens with one attached hydrogen (secondary N) is 1. The number of ether oxygens (including phenoxy) is 1. The lowest BCUT2D eigenvalue weighted by Crippen LogP contribution is -2.45. The summed E-state index contributed by atoms with van der Waals surface area (Å²) in [4.78, 5) is 15.1. The molecule has 0 saturated carbocycles. The van der Waals surface area contributed by atoms with Crippen LogP contribution in [0.15, 0.2) is 29.2 Å². The molecule has 2 heterocycles. The molecule has 30 heavy (non-hydrogen) atoms. The highest BCUT2D eigenvalue weighted by atomic mass is 32.2. The number of hydrogen-bond donors (Lipinski definition) is 1. The molecule has 1 aromatic carbocycles. The normalized spacial score (nSPS) is 23.4. The second-order valence-electron chi connectivity index (χ2n) is 8.36. The van der Waals surface area contributed by atoms with Gasteiger partial charge in [0, 0.05) is 32.6 Å². The third-order valence-corrected chi connectivity index (χ3v) is 8.35. The maximum Gasteiger partial charge on any atom is 0.243 e. The number of piperidine rings is 1. The monoisotopic (exact) mass is 437 g/mol. The highest BCUT2D eigenvalue weighted by molar-refractivity contribution is 7.89. The number of carbonyl (C=O) groups excluding carboxylic acids is 1. The summed E-state index contributed by atoms with van der Waals surface area (Å²) in [6.45, 7) is 6.88. The third kappa shape index (κ3) is 5.74. The molecule has 2 saturated heterocycles. The van der Waals surface area contributed by atoms with E-state index in [1.165, 1.54) is 12.8 Å². The van der Waals surface area contributed by atoms with Crippen LogP contribution in [0.25, 0.3) is 0 Å². The van der Waals surface area contributed by atoms with Crippen molar-refractivity contribution in [2.24, 2.45) is 11.8 Å². The Hall–Kier alpha value is -1.64. The fraction of sp³-hybridized carbons (Fsp3) is 0.682. The van der Waals surface area contributed by atoms with Crippen molar-refractivity contribution in [3.05, 3.63) is 24.3 Å². The lowest BCUT2D eigenvalue weighted by Gasteiger charge is -2.37. The number of amides is 1. The summed E-state index contributed by atoms with van der Waals surface area (Å²) >= 11 is 0. The van der Waals surface area contributed by atoms with Crippen LogP contribution in [-0.2, 0) is 14.8 Å². The summed E-state index contributed by atoms with van der Waals surface area (Å²) in [6, 6.07) is 6.52. The van der Waals surface area contributed by atoms with Crippen LogP contribution in [0.2, 0.25) is 0 Å². The molecule has 2 aliphatic heterocycles. The standard InChI is InChI=1S/C22H35N3O4S/c1-3-18-17-25(30(27,28)21-8-6-20(29-2)7-9-21)14-10-19(18)16-22(26)23-11-15-24-12-4-5-13-24/h6-9,18-19H,3-5,10-17H2,1-2H3,(H,23,26)/t18-,19-/m0/s1. The molecule has 1 N–H and O–H groups in total. The van der Waals surface area contributed by atoms with Gasteiger partial charge < -0.3 is 15.0 Å². The van der Waals surface area contributed by atoms with Crippen LogP contribution < -0.4 is 10.1 Å². The molecule has 168 valence electrons. The summed E-state index contributed by atoms with van der Waals surface area (Å²) in [6.07, 6.45) is 4.57. The first-order valence-corrected chi connectivity index (χ1v) is 12.5. The van der Waals surface area contributed by atoms with E-state index >= 15 is 0 Å². The van der Waals surface area contributed by atoms with Crippen molar-refractivity contribution in [1.29, 1.82) is 0 Å². The molecule has 2 fully saturated rings. The fourth-order valence-corrected chi connectivity index (χ4v) is 6.08. The molecule has 2 aliphatic rings. The molecular weight excluding hydrogens is 402 g/mol. The summed E-state index contributed by atoms with van der Waals surface area (Å²) in [5.41, 5.74) is 0. The highest BCUT2D eigenvalue weighted by Gasteiger charge is 2.35. The van der Waals surface area contributed by atoms with Gasteiger partial charge >= 0.3 is 0 Å². The zero-order valence-corrected chi connectivity index (χ0v) is 19.0. The van der Waals surface area contributed by atoms with E-state index < -0.39 is 10.0 Å². The lowest BCUT2D eigenvalue weighted by atomic mass is 9.82. The molecule has 7 nitrogen and oxygen atoms in total. The molecular formula is C22H35N3O4S. The van der Waals surface area contributed by atoms with E-state index in [1.54, 1.807) is 35.7 Å². The second kappa shape index (κ2) is 10.6. The van der Waals surface area contributed by atoms with E-state index in [-0.39, 0.29) is 22.6 Å². The molecule has 0 unspecified atom stereocenters. The van der Waals surface area contributed by atoms with Crippen LogP contribution in [0, 0.1) is 11.8 Å². The van der Waals surface area contributed by atoms with Gasteiger partial charge in [0.05, 0.1) is 12.0 Å². The van der Waals surface area contributed by atoms with Gasteiger partial charge in [-0.25, -0.2) is 8.42 Å². The van der Waals surface area contributed by atoms with Crippen molar-refractivity contribution in [2.75, 3.05) is 46.4 Å². The molecule has 0 bridgehead atoms. The smallest absolute Gasteiger partial charge is 0.243 e. The van der Waals surface area contributed by atoms with Gasteiger partial charge in [0.1, 0.15) is 5.75 Å². The van der Waals surface area contributed by atoms with Gasteiger partial charge in [-0.3, -0.25) is 4.79 Å². The van der Waals surface area contributed by atoms with E-state index in [4.69, 9.17) is 4.74 Å². The first-order valence-electron chi connectivity index (χ1n) is 11.1. The fourth-order valence-electron chi connectivity index (χ4n) is 4.56. The quantitative estimate of drug-likeness (QED) is 0.642. The maximum atomic E-state index is 13.0. The third-order valence-electron chi connectivity index (χ3n) is 6.47. The van der Waals surface area contributed by atoms with Crippen molar-refractivity contribution in [3.63, 3.8) is 0 Å². The summed E-state index contributed by atoms with van der Waals surface area (Å²) < 4.78 is 32.8. The van der Waals surface area contributed by atoms with E-state index in [0.717, 1.165) is 26.1 Å². The van der Waals surface area contributed by atoms with E-state index in [2.05, 4.69) is 17.1 Å². The van der Waals surface area contributed by atoms with E-state index in [1.807, 2.05) is 0 Å². The summed E-state index contributed by atoms with van der Waals surface area (Å²) in [7, 11) is -1.98. The first kappa shape index (κ1) is 23.0. The van der Waals surface area contributed by atoms with Gasteiger partial charge in [-0.05, 0) is 68.5 Å². The van der Waals surface area contributed by atoms with Crippen LogP contribution in [0.4, 0.5) is 0 Å². The van der Waals surface area contributed by atoms with E-state index in [9.17, 15) is 13.2 Å². The Morgan fingerprint density at radius 2 is 1.83 bits per heavy atom. The number of sulfonamides is 1. The van der Waals surface area contributed by atoms with Gasteiger partial charge in [-0.2, -0.15) is 4.31 Å². The number of hydrogen-bond acceptors (Lipinski definition) is 5. The number of carbonyl (C=O) groups is 1. The molecule has 0 aromatic heterocycles. The van der Waals surface area contributed by atoms with Gasteiger partial charge in [-0.15, -0.1) is 0 Å². The minimum atomic E-state index is -3.53. The Bertz CT molecular complexity index is 791. The molecule has 2 atom stereocenters. The predicted molar refractivity (Wildman–Crippen MR) is 117 cm³/mol. The Morgan fingerprint density at radius 1 is 1.13 bits per heavy atom. The topological polar surface area (TPSA) is 78.9 Å². The first-order chi connectivity index (χ1) is 14.4. The summed E-state index contributed by atoms with van der Waals surface area (Å²) in [5.74, 6) is 1.14. The van der Waals surface area contributed by atoms with Gasteiger partial charge in [0.15, 0.2) is 0 Å². The number of benzene rings is 1. The average Bonchev–Trinajstić information content (AvgIpc) is 3.27. The molecule has 1 amide bonds. The molecule has 0 aliphatic carbocycles. The van der Waals surface area contributed by atoms with Gasteiger partial charge in [0.2, 0.25) is 15.9 Å². The predicted octanol–water partition coefficient (Wildman–Crippen LogP) is 2.33. The highest BCUT2D eigenvalue weighted by Crippen LogP contribution is 2.32. The molecule has 0 radical (unpaired) electrons.